The van der Waals surface area contributed by atoms with Crippen LogP contribution in [-0.2, 0) is 16.3 Å². The van der Waals surface area contributed by atoms with E-state index in [9.17, 15) is 8.42 Å². The van der Waals surface area contributed by atoms with Gasteiger partial charge in [-0.15, -0.1) is 0 Å². The van der Waals surface area contributed by atoms with E-state index >= 15 is 0 Å². The number of halogens is 2. The minimum atomic E-state index is -3.28. The topological polar surface area (TPSA) is 56.3 Å². The molecule has 0 amide bonds. The zero-order valence-corrected chi connectivity index (χ0v) is 14.9. The molecule has 0 saturated heterocycles. The van der Waals surface area contributed by atoms with Crippen LogP contribution in [0, 0.1) is 5.92 Å². The lowest BCUT2D eigenvalue weighted by Gasteiger charge is -2.31. The van der Waals surface area contributed by atoms with Crippen molar-refractivity contribution >= 4 is 33.0 Å². The maximum absolute atomic E-state index is 11.6. The molecule has 122 valence electrons. The zero-order valence-electron chi connectivity index (χ0n) is 12.6. The quantitative estimate of drug-likeness (QED) is 0.796. The number of sulfone groups is 1. The van der Waals surface area contributed by atoms with Gasteiger partial charge in [-0.25, -0.2) is 13.4 Å². The van der Waals surface area contributed by atoms with Crippen LogP contribution in [0.1, 0.15) is 24.2 Å². The van der Waals surface area contributed by atoms with Gasteiger partial charge in [0.1, 0.15) is 6.10 Å². The van der Waals surface area contributed by atoms with Crippen LogP contribution in [0.3, 0.4) is 0 Å². The molecule has 7 heteroatoms. The monoisotopic (exact) mass is 371 g/mol. The predicted octanol–water partition coefficient (Wildman–Crippen LogP) is 4.10. The highest BCUT2D eigenvalue weighted by Crippen LogP contribution is 2.39. The first kappa shape index (κ1) is 16.6. The lowest BCUT2D eigenvalue weighted by molar-refractivity contribution is 0.116. The minimum Gasteiger partial charge on any atom is -0.469 e. The van der Waals surface area contributed by atoms with Crippen LogP contribution in [-0.4, -0.2) is 19.7 Å². The van der Waals surface area contributed by atoms with Crippen molar-refractivity contribution in [1.29, 1.82) is 0 Å². The first-order valence-electron chi connectivity index (χ1n) is 7.06. The lowest BCUT2D eigenvalue weighted by Crippen LogP contribution is -2.24. The van der Waals surface area contributed by atoms with Gasteiger partial charge in [-0.1, -0.05) is 36.2 Å². The van der Waals surface area contributed by atoms with Crippen LogP contribution in [0.25, 0.3) is 0 Å². The molecule has 0 N–H and O–H groups in total. The molecule has 4 nitrogen and oxygen atoms in total. The first-order valence-corrected chi connectivity index (χ1v) is 9.71. The molecule has 0 radical (unpaired) electrons. The van der Waals surface area contributed by atoms with Crippen molar-refractivity contribution in [3.8, 4) is 5.88 Å². The summed E-state index contributed by atoms with van der Waals surface area (Å²) in [6, 6.07) is 7.05. The number of pyridine rings is 1. The van der Waals surface area contributed by atoms with Crippen molar-refractivity contribution < 1.29 is 13.2 Å². The fourth-order valence-electron chi connectivity index (χ4n) is 2.71. The summed E-state index contributed by atoms with van der Waals surface area (Å²) in [5.41, 5.74) is 1.73. The SMILES string of the molecule is CC1Cc2cc(S(C)(=O)=O)cnc2OC1c1ccc(Cl)c(Cl)c1. The number of hydrogen-bond acceptors (Lipinski definition) is 4. The largest absolute Gasteiger partial charge is 0.469 e. The van der Waals surface area contributed by atoms with Crippen LogP contribution in [0.5, 0.6) is 5.88 Å². The molecule has 2 aromatic rings. The van der Waals surface area contributed by atoms with E-state index in [-0.39, 0.29) is 16.9 Å². The molecule has 0 spiro atoms. The second-order valence-electron chi connectivity index (χ2n) is 5.80. The van der Waals surface area contributed by atoms with Gasteiger partial charge in [-0.2, -0.15) is 0 Å². The Labute approximate surface area is 145 Å². The van der Waals surface area contributed by atoms with E-state index in [1.54, 1.807) is 18.2 Å². The standard InChI is InChI=1S/C16H15Cl2NO3S/c1-9-5-11-6-12(23(2,20)21)8-19-16(11)22-15(9)10-3-4-13(17)14(18)7-10/h3-4,6-9,15H,5H2,1-2H3. The van der Waals surface area contributed by atoms with Gasteiger partial charge in [0.05, 0.1) is 14.9 Å². The number of aromatic nitrogens is 1. The molecule has 1 aromatic carbocycles. The maximum Gasteiger partial charge on any atom is 0.217 e. The number of fused-ring (bicyclic) bond motifs is 1. The van der Waals surface area contributed by atoms with Crippen molar-refractivity contribution in [3.05, 3.63) is 51.6 Å². The minimum absolute atomic E-state index is 0.149. The fourth-order valence-corrected chi connectivity index (χ4v) is 3.61. The van der Waals surface area contributed by atoms with Crippen LogP contribution in [0.15, 0.2) is 35.4 Å². The summed E-state index contributed by atoms with van der Waals surface area (Å²) in [6.07, 6.45) is 2.98. The van der Waals surface area contributed by atoms with Gasteiger partial charge >= 0.3 is 0 Å². The van der Waals surface area contributed by atoms with Gasteiger partial charge in [0.2, 0.25) is 5.88 Å². The van der Waals surface area contributed by atoms with Gasteiger partial charge in [0.15, 0.2) is 9.84 Å². The molecule has 0 aliphatic carbocycles. The fraction of sp³-hybridized carbons (Fsp3) is 0.312. The summed E-state index contributed by atoms with van der Waals surface area (Å²) in [4.78, 5) is 4.38. The third kappa shape index (κ3) is 3.32. The van der Waals surface area contributed by atoms with Crippen molar-refractivity contribution in [1.82, 2.24) is 4.98 Å². The molecule has 23 heavy (non-hydrogen) atoms. The molecule has 2 atom stereocenters. The van der Waals surface area contributed by atoms with Crippen molar-refractivity contribution in [3.63, 3.8) is 0 Å². The Balaban J connectivity index is 1.96. The van der Waals surface area contributed by atoms with Gasteiger partial charge in [-0.3, -0.25) is 0 Å². The number of ether oxygens (including phenoxy) is 1. The molecule has 1 aromatic heterocycles. The Morgan fingerprint density at radius 2 is 1.96 bits per heavy atom. The van der Waals surface area contributed by atoms with Gasteiger partial charge in [0.25, 0.3) is 0 Å². The number of nitrogens with zero attached hydrogens (tertiary/aromatic N) is 1. The average Bonchev–Trinajstić information content (AvgIpc) is 2.48. The molecular formula is C16H15Cl2NO3S. The zero-order chi connectivity index (χ0) is 16.8. The smallest absolute Gasteiger partial charge is 0.217 e. The molecular weight excluding hydrogens is 357 g/mol. The number of rotatable bonds is 2. The van der Waals surface area contributed by atoms with E-state index in [4.69, 9.17) is 27.9 Å². The first-order chi connectivity index (χ1) is 10.8. The summed E-state index contributed by atoms with van der Waals surface area (Å²) in [6.45, 7) is 2.04. The van der Waals surface area contributed by atoms with Crippen molar-refractivity contribution in [2.24, 2.45) is 5.92 Å². The van der Waals surface area contributed by atoms with Gasteiger partial charge in [-0.05, 0) is 30.2 Å². The molecule has 1 aliphatic heterocycles. The van der Waals surface area contributed by atoms with E-state index in [1.165, 1.54) is 12.5 Å². The predicted molar refractivity (Wildman–Crippen MR) is 90.0 cm³/mol. The van der Waals surface area contributed by atoms with Crippen LogP contribution >= 0.6 is 23.2 Å². The molecule has 2 unspecified atom stereocenters. The van der Waals surface area contributed by atoms with Crippen LogP contribution in [0.2, 0.25) is 10.0 Å². The van der Waals surface area contributed by atoms with Crippen LogP contribution in [0.4, 0.5) is 0 Å². The van der Waals surface area contributed by atoms with E-state index < -0.39 is 9.84 Å². The van der Waals surface area contributed by atoms with E-state index in [0.29, 0.717) is 22.3 Å². The molecule has 0 bridgehead atoms. The van der Waals surface area contributed by atoms with Crippen LogP contribution < -0.4 is 4.74 Å². The number of hydrogen-bond donors (Lipinski definition) is 0. The molecule has 0 fully saturated rings. The summed E-state index contributed by atoms with van der Waals surface area (Å²) in [5, 5.41) is 0.973. The second-order valence-corrected chi connectivity index (χ2v) is 8.63. The molecule has 1 aliphatic rings. The lowest BCUT2D eigenvalue weighted by atomic mass is 9.89. The average molecular weight is 372 g/mol. The summed E-state index contributed by atoms with van der Waals surface area (Å²) in [7, 11) is -3.28. The van der Waals surface area contributed by atoms with Crippen molar-refractivity contribution in [2.75, 3.05) is 6.26 Å². The van der Waals surface area contributed by atoms with E-state index in [2.05, 4.69) is 4.98 Å². The normalized spacial score (nSPS) is 20.7. The summed E-state index contributed by atoms with van der Waals surface area (Å²) < 4.78 is 29.3. The van der Waals surface area contributed by atoms with E-state index in [1.807, 2.05) is 13.0 Å². The van der Waals surface area contributed by atoms with Crippen molar-refractivity contribution in [2.45, 2.75) is 24.3 Å². The highest BCUT2D eigenvalue weighted by Gasteiger charge is 2.30. The second kappa shape index (κ2) is 5.96. The van der Waals surface area contributed by atoms with Gasteiger partial charge in [0, 0.05) is 23.9 Å². The molecule has 3 rings (SSSR count). The summed E-state index contributed by atoms with van der Waals surface area (Å²) >= 11 is 12.0. The number of benzene rings is 1. The highest BCUT2D eigenvalue weighted by atomic mass is 35.5. The van der Waals surface area contributed by atoms with Gasteiger partial charge < -0.3 is 4.74 Å². The third-order valence-electron chi connectivity index (χ3n) is 3.90. The maximum atomic E-state index is 11.6. The highest BCUT2D eigenvalue weighted by molar-refractivity contribution is 7.90. The Morgan fingerprint density at radius 3 is 2.61 bits per heavy atom. The Hall–Kier alpha value is -1.30. The Bertz CT molecular complexity index is 868. The molecule has 0 saturated carbocycles. The third-order valence-corrected chi connectivity index (χ3v) is 5.72. The van der Waals surface area contributed by atoms with E-state index in [0.717, 1.165) is 11.1 Å². The summed E-state index contributed by atoms with van der Waals surface area (Å²) in [5.74, 6) is 0.614. The Kier molecular flexibility index (Phi) is 4.29. The molecule has 2 heterocycles. The Morgan fingerprint density at radius 1 is 1.22 bits per heavy atom.